The van der Waals surface area contributed by atoms with Crippen molar-refractivity contribution in [3.63, 3.8) is 0 Å². The number of fused-ring (bicyclic) bond motifs is 1. The van der Waals surface area contributed by atoms with Crippen LogP contribution in [0.4, 0.5) is 0 Å². The summed E-state index contributed by atoms with van der Waals surface area (Å²) < 4.78 is 2.37. The summed E-state index contributed by atoms with van der Waals surface area (Å²) in [6, 6.07) is 4.38. The van der Waals surface area contributed by atoms with Crippen molar-refractivity contribution in [2.75, 3.05) is 6.54 Å². The summed E-state index contributed by atoms with van der Waals surface area (Å²) in [7, 11) is 0. The average molecular weight is 230 g/mol. The van der Waals surface area contributed by atoms with Crippen LogP contribution in [0.15, 0.2) is 18.3 Å². The van der Waals surface area contributed by atoms with Gasteiger partial charge in [0, 0.05) is 31.4 Å². The lowest BCUT2D eigenvalue weighted by atomic mass is 9.71. The van der Waals surface area contributed by atoms with E-state index in [1.54, 1.807) is 0 Å². The summed E-state index contributed by atoms with van der Waals surface area (Å²) in [6.45, 7) is 1.89. The lowest BCUT2D eigenvalue weighted by Crippen LogP contribution is -2.53. The van der Waals surface area contributed by atoms with Crippen LogP contribution in [-0.4, -0.2) is 21.9 Å². The third-order valence-electron chi connectivity index (χ3n) is 5.08. The lowest BCUT2D eigenvalue weighted by Gasteiger charge is -2.48. The van der Waals surface area contributed by atoms with Gasteiger partial charge in [0.2, 0.25) is 5.91 Å². The molecule has 17 heavy (non-hydrogen) atoms. The molecule has 1 aromatic heterocycles. The fourth-order valence-corrected chi connectivity index (χ4v) is 4.41. The summed E-state index contributed by atoms with van der Waals surface area (Å²) in [6.07, 6.45) is 7.93. The summed E-state index contributed by atoms with van der Waals surface area (Å²) in [5, 5.41) is 0. The predicted octanol–water partition coefficient (Wildman–Crippen LogP) is 2.12. The summed E-state index contributed by atoms with van der Waals surface area (Å²) in [5.41, 5.74) is 1.47. The second-order valence-electron chi connectivity index (χ2n) is 5.70. The van der Waals surface area contributed by atoms with Crippen LogP contribution in [0.2, 0.25) is 0 Å². The van der Waals surface area contributed by atoms with Crippen LogP contribution in [0.1, 0.15) is 37.8 Å². The first kappa shape index (κ1) is 9.75. The third kappa shape index (κ3) is 1.05. The quantitative estimate of drug-likeness (QED) is 0.670. The van der Waals surface area contributed by atoms with Crippen molar-refractivity contribution in [1.29, 1.82) is 0 Å². The van der Waals surface area contributed by atoms with Crippen molar-refractivity contribution in [3.05, 3.63) is 24.0 Å². The minimum atomic E-state index is 0.0666. The van der Waals surface area contributed by atoms with Gasteiger partial charge in [0.15, 0.2) is 0 Å². The summed E-state index contributed by atoms with van der Waals surface area (Å²) in [4.78, 5) is 14.4. The van der Waals surface area contributed by atoms with Gasteiger partial charge in [-0.05, 0) is 30.9 Å². The number of hydrogen-bond donors (Lipinski definition) is 0. The topological polar surface area (TPSA) is 25.2 Å². The Kier molecular flexibility index (Phi) is 1.81. The molecule has 2 fully saturated rings. The first-order valence-corrected chi connectivity index (χ1v) is 6.78. The summed E-state index contributed by atoms with van der Waals surface area (Å²) >= 11 is 0. The molecular formula is C14H18N2O. The first-order chi connectivity index (χ1) is 8.32. The molecule has 1 amide bonds. The SMILES string of the molecule is O=C1C[C@@H]2CCCC[C@@]23c2cccn2CCN13. The number of nitrogens with zero attached hydrogens (tertiary/aromatic N) is 2. The maximum absolute atomic E-state index is 12.2. The Balaban J connectivity index is 1.92. The molecule has 1 saturated carbocycles. The van der Waals surface area contributed by atoms with Gasteiger partial charge in [-0.3, -0.25) is 4.79 Å². The Hall–Kier alpha value is -1.25. The van der Waals surface area contributed by atoms with Gasteiger partial charge in [-0.1, -0.05) is 12.8 Å². The Bertz CT molecular complexity index is 478. The zero-order chi connectivity index (χ0) is 11.5. The second kappa shape index (κ2) is 3.15. The molecular weight excluding hydrogens is 212 g/mol. The van der Waals surface area contributed by atoms with Crippen LogP contribution < -0.4 is 0 Å². The van der Waals surface area contributed by atoms with Gasteiger partial charge in [0.05, 0.1) is 5.54 Å². The van der Waals surface area contributed by atoms with Crippen molar-refractivity contribution < 1.29 is 4.79 Å². The van der Waals surface area contributed by atoms with E-state index in [1.165, 1.54) is 31.4 Å². The molecule has 0 N–H and O–H groups in total. The highest BCUT2D eigenvalue weighted by molar-refractivity contribution is 5.81. The molecule has 1 saturated heterocycles. The van der Waals surface area contributed by atoms with E-state index in [2.05, 4.69) is 27.8 Å². The van der Waals surface area contributed by atoms with E-state index in [1.807, 2.05) is 0 Å². The standard InChI is InChI=1S/C14H18N2O/c17-13-10-11-4-1-2-6-14(11)12-5-3-7-15(12)8-9-16(13)14/h3,5,7,11H,1-2,4,6,8-10H2/t11-,14-/m0/s1. The van der Waals surface area contributed by atoms with Crippen LogP contribution in [-0.2, 0) is 16.9 Å². The third-order valence-corrected chi connectivity index (χ3v) is 5.08. The molecule has 0 bridgehead atoms. The van der Waals surface area contributed by atoms with E-state index >= 15 is 0 Å². The number of amides is 1. The van der Waals surface area contributed by atoms with Gasteiger partial charge in [-0.15, -0.1) is 0 Å². The summed E-state index contributed by atoms with van der Waals surface area (Å²) in [5.74, 6) is 0.960. The Labute approximate surface area is 101 Å². The monoisotopic (exact) mass is 230 g/mol. The Morgan fingerprint density at radius 3 is 3.18 bits per heavy atom. The van der Waals surface area contributed by atoms with Crippen LogP contribution >= 0.6 is 0 Å². The lowest BCUT2D eigenvalue weighted by molar-refractivity contribution is -0.133. The van der Waals surface area contributed by atoms with Crippen LogP contribution in [0.5, 0.6) is 0 Å². The number of hydrogen-bond acceptors (Lipinski definition) is 1. The van der Waals surface area contributed by atoms with Gasteiger partial charge < -0.3 is 9.47 Å². The van der Waals surface area contributed by atoms with Gasteiger partial charge >= 0.3 is 0 Å². The number of rotatable bonds is 0. The van der Waals surface area contributed by atoms with Gasteiger partial charge in [-0.2, -0.15) is 0 Å². The van der Waals surface area contributed by atoms with Crippen LogP contribution in [0.3, 0.4) is 0 Å². The molecule has 0 radical (unpaired) electrons. The second-order valence-corrected chi connectivity index (χ2v) is 5.70. The first-order valence-electron chi connectivity index (χ1n) is 6.78. The molecule has 1 aliphatic carbocycles. The number of carbonyl (C=O) groups is 1. The van der Waals surface area contributed by atoms with E-state index < -0.39 is 0 Å². The van der Waals surface area contributed by atoms with Crippen molar-refractivity contribution >= 4 is 5.91 Å². The highest BCUT2D eigenvalue weighted by Gasteiger charge is 2.56. The molecule has 3 heterocycles. The molecule has 3 aliphatic rings. The van der Waals surface area contributed by atoms with E-state index in [0.717, 1.165) is 19.5 Å². The van der Waals surface area contributed by atoms with E-state index in [-0.39, 0.29) is 5.54 Å². The van der Waals surface area contributed by atoms with Crippen molar-refractivity contribution in [2.45, 2.75) is 44.2 Å². The molecule has 1 spiro atoms. The van der Waals surface area contributed by atoms with Crippen LogP contribution in [0, 0.1) is 5.92 Å². The maximum atomic E-state index is 12.2. The number of carbonyl (C=O) groups excluding carboxylic acids is 1. The Morgan fingerprint density at radius 1 is 1.29 bits per heavy atom. The molecule has 3 nitrogen and oxygen atoms in total. The van der Waals surface area contributed by atoms with E-state index in [0.29, 0.717) is 11.8 Å². The van der Waals surface area contributed by atoms with Crippen molar-refractivity contribution in [1.82, 2.24) is 9.47 Å². The van der Waals surface area contributed by atoms with E-state index in [4.69, 9.17) is 0 Å². The normalized spacial score (nSPS) is 35.4. The molecule has 1 aromatic rings. The zero-order valence-electron chi connectivity index (χ0n) is 10.1. The fourth-order valence-electron chi connectivity index (χ4n) is 4.41. The molecule has 90 valence electrons. The maximum Gasteiger partial charge on any atom is 0.223 e. The van der Waals surface area contributed by atoms with Gasteiger partial charge in [0.1, 0.15) is 0 Å². The van der Waals surface area contributed by atoms with Crippen LogP contribution in [0.25, 0.3) is 0 Å². The minimum Gasteiger partial charge on any atom is -0.348 e. The minimum absolute atomic E-state index is 0.0666. The fraction of sp³-hybridized carbons (Fsp3) is 0.643. The molecule has 3 heteroatoms. The molecule has 0 unspecified atom stereocenters. The van der Waals surface area contributed by atoms with E-state index in [9.17, 15) is 4.79 Å². The molecule has 0 aromatic carbocycles. The molecule has 2 aliphatic heterocycles. The number of aromatic nitrogens is 1. The zero-order valence-corrected chi connectivity index (χ0v) is 10.1. The van der Waals surface area contributed by atoms with Gasteiger partial charge in [0.25, 0.3) is 0 Å². The molecule has 2 atom stereocenters. The predicted molar refractivity (Wildman–Crippen MR) is 64.4 cm³/mol. The smallest absolute Gasteiger partial charge is 0.223 e. The van der Waals surface area contributed by atoms with Gasteiger partial charge in [-0.25, -0.2) is 0 Å². The average Bonchev–Trinajstić information content (AvgIpc) is 2.90. The van der Waals surface area contributed by atoms with Crippen molar-refractivity contribution in [3.8, 4) is 0 Å². The highest BCUT2D eigenvalue weighted by Crippen LogP contribution is 2.53. The Morgan fingerprint density at radius 2 is 2.24 bits per heavy atom. The largest absolute Gasteiger partial charge is 0.348 e. The highest BCUT2D eigenvalue weighted by atomic mass is 16.2. The molecule has 4 rings (SSSR count). The van der Waals surface area contributed by atoms with Crippen molar-refractivity contribution in [2.24, 2.45) is 5.92 Å².